The molecule has 3 aromatic rings. The highest BCUT2D eigenvalue weighted by Crippen LogP contribution is 2.41. The number of hydrogen-bond donors (Lipinski definition) is 1. The molecule has 0 fully saturated rings. The molecule has 0 saturated carbocycles. The first-order chi connectivity index (χ1) is 16.1. The lowest BCUT2D eigenvalue weighted by Crippen LogP contribution is -2.14. The molecule has 1 N–H and O–H groups in total. The van der Waals surface area contributed by atoms with E-state index < -0.39 is 0 Å². The van der Waals surface area contributed by atoms with Crippen LogP contribution in [0, 0.1) is 11.3 Å². The highest BCUT2D eigenvalue weighted by molar-refractivity contribution is 6.21. The fourth-order valence-electron chi connectivity index (χ4n) is 4.16. The van der Waals surface area contributed by atoms with E-state index in [1.807, 2.05) is 36.4 Å². The lowest BCUT2D eigenvalue weighted by Gasteiger charge is -2.21. The number of nitrogens with one attached hydrogen (secondary N) is 1. The van der Waals surface area contributed by atoms with Gasteiger partial charge in [0.15, 0.2) is 0 Å². The Hall–Kier alpha value is -4.11. The predicted octanol–water partition coefficient (Wildman–Crippen LogP) is 4.54. The number of anilines is 1. The third kappa shape index (κ3) is 4.73. The normalized spacial score (nSPS) is 12.6. The van der Waals surface area contributed by atoms with Crippen LogP contribution in [0.15, 0.2) is 65.7 Å². The van der Waals surface area contributed by atoms with Gasteiger partial charge in [-0.1, -0.05) is 42.5 Å². The van der Waals surface area contributed by atoms with Crippen molar-refractivity contribution in [1.29, 1.82) is 5.26 Å². The Kier molecular flexibility index (Phi) is 6.70. The second-order valence-corrected chi connectivity index (χ2v) is 7.76. The minimum absolute atomic E-state index is 0.0182. The van der Waals surface area contributed by atoms with E-state index in [1.54, 1.807) is 26.4 Å². The van der Waals surface area contributed by atoms with Gasteiger partial charge >= 0.3 is 0 Å². The number of rotatable bonds is 7. The summed E-state index contributed by atoms with van der Waals surface area (Å²) in [4.78, 5) is 17.0. The van der Waals surface area contributed by atoms with Crippen molar-refractivity contribution in [2.45, 2.75) is 19.3 Å². The van der Waals surface area contributed by atoms with E-state index >= 15 is 0 Å². The first kappa shape index (κ1) is 22.1. The Balaban J connectivity index is 1.80. The van der Waals surface area contributed by atoms with Crippen molar-refractivity contribution < 1.29 is 14.3 Å². The Morgan fingerprint density at radius 2 is 1.85 bits per heavy atom. The Labute approximate surface area is 193 Å². The first-order valence-electron chi connectivity index (χ1n) is 10.8. The number of carbonyl (C=O) groups excluding carboxylic acids is 1. The number of methoxy groups -OCH3 is 2. The van der Waals surface area contributed by atoms with Gasteiger partial charge in [-0.2, -0.15) is 5.26 Å². The number of aliphatic imine (C=N–C) groups is 1. The van der Waals surface area contributed by atoms with E-state index in [9.17, 15) is 10.1 Å². The Bertz CT molecular complexity index is 1240. The van der Waals surface area contributed by atoms with Crippen LogP contribution in [0.1, 0.15) is 34.2 Å². The van der Waals surface area contributed by atoms with Gasteiger partial charge in [-0.15, -0.1) is 0 Å². The molecule has 0 aromatic heterocycles. The summed E-state index contributed by atoms with van der Waals surface area (Å²) < 4.78 is 11.6. The number of ether oxygens (including phenoxy) is 2. The maximum absolute atomic E-state index is 12.4. The molecule has 1 heterocycles. The monoisotopic (exact) mass is 439 g/mol. The average molecular weight is 440 g/mol. The van der Waals surface area contributed by atoms with Crippen molar-refractivity contribution >= 4 is 17.3 Å². The van der Waals surface area contributed by atoms with E-state index in [2.05, 4.69) is 28.5 Å². The average Bonchev–Trinajstić information content (AvgIpc) is 3.02. The van der Waals surface area contributed by atoms with Gasteiger partial charge in [-0.05, 0) is 37.0 Å². The molecule has 33 heavy (non-hydrogen) atoms. The van der Waals surface area contributed by atoms with Crippen LogP contribution in [0.3, 0.4) is 0 Å². The van der Waals surface area contributed by atoms with Gasteiger partial charge in [0, 0.05) is 17.2 Å². The minimum atomic E-state index is -0.219. The fraction of sp³-hybridized carbons (Fsp3) is 0.222. The van der Waals surface area contributed by atoms with Crippen LogP contribution in [-0.2, 0) is 17.6 Å². The summed E-state index contributed by atoms with van der Waals surface area (Å²) in [6, 6.07) is 21.6. The smallest absolute Gasteiger partial charge is 0.246 e. The third-order valence-electron chi connectivity index (χ3n) is 5.66. The molecule has 1 amide bonds. The van der Waals surface area contributed by atoms with E-state index in [-0.39, 0.29) is 12.5 Å². The zero-order valence-corrected chi connectivity index (χ0v) is 18.7. The van der Waals surface area contributed by atoms with Crippen LogP contribution in [0.4, 0.5) is 5.69 Å². The van der Waals surface area contributed by atoms with Gasteiger partial charge in [0.2, 0.25) is 5.91 Å². The molecule has 1 aliphatic rings. The quantitative estimate of drug-likeness (QED) is 0.586. The van der Waals surface area contributed by atoms with Crippen molar-refractivity contribution in [2.75, 3.05) is 26.1 Å². The van der Waals surface area contributed by atoms with Crippen LogP contribution in [-0.4, -0.2) is 32.4 Å². The summed E-state index contributed by atoms with van der Waals surface area (Å²) in [5.74, 6) is 1.07. The molecule has 4 rings (SSSR count). The minimum Gasteiger partial charge on any atom is -0.496 e. The predicted molar refractivity (Wildman–Crippen MR) is 128 cm³/mol. The fourth-order valence-corrected chi connectivity index (χ4v) is 4.16. The molecule has 6 heteroatoms. The molecule has 0 spiro atoms. The zero-order chi connectivity index (χ0) is 23.2. The highest BCUT2D eigenvalue weighted by atomic mass is 16.5. The van der Waals surface area contributed by atoms with Crippen molar-refractivity contribution in [3.05, 3.63) is 88.5 Å². The molecule has 6 nitrogen and oxygen atoms in total. The van der Waals surface area contributed by atoms with Crippen molar-refractivity contribution in [3.63, 3.8) is 0 Å². The lowest BCUT2D eigenvalue weighted by atomic mass is 9.93. The van der Waals surface area contributed by atoms with Crippen molar-refractivity contribution in [3.8, 4) is 17.6 Å². The molecule has 0 radical (unpaired) electrons. The van der Waals surface area contributed by atoms with Gasteiger partial charge in [0.1, 0.15) is 18.0 Å². The van der Waals surface area contributed by atoms with Gasteiger partial charge in [-0.3, -0.25) is 9.79 Å². The summed E-state index contributed by atoms with van der Waals surface area (Å²) in [6.07, 6.45) is 2.55. The summed E-state index contributed by atoms with van der Waals surface area (Å²) >= 11 is 0. The maximum Gasteiger partial charge on any atom is 0.246 e. The van der Waals surface area contributed by atoms with Gasteiger partial charge in [0.25, 0.3) is 0 Å². The Morgan fingerprint density at radius 3 is 2.58 bits per heavy atom. The van der Waals surface area contributed by atoms with Gasteiger partial charge in [-0.25, -0.2) is 0 Å². The van der Waals surface area contributed by atoms with Crippen LogP contribution >= 0.6 is 0 Å². The van der Waals surface area contributed by atoms with Gasteiger partial charge < -0.3 is 14.8 Å². The van der Waals surface area contributed by atoms with Crippen molar-refractivity contribution in [1.82, 2.24) is 0 Å². The number of amides is 1. The van der Waals surface area contributed by atoms with E-state index in [0.29, 0.717) is 34.0 Å². The number of nitriles is 1. The van der Waals surface area contributed by atoms with E-state index in [4.69, 9.17) is 9.47 Å². The molecule has 0 atom stereocenters. The first-order valence-corrected chi connectivity index (χ1v) is 10.8. The number of hydrogen-bond acceptors (Lipinski definition) is 5. The molecular weight excluding hydrogens is 414 g/mol. The summed E-state index contributed by atoms with van der Waals surface area (Å²) in [5.41, 5.74) is 5.38. The Morgan fingerprint density at radius 1 is 1.03 bits per heavy atom. The molecule has 0 bridgehead atoms. The lowest BCUT2D eigenvalue weighted by molar-refractivity contribution is -0.114. The molecule has 3 aromatic carbocycles. The third-order valence-corrected chi connectivity index (χ3v) is 5.66. The molecule has 0 aliphatic carbocycles. The SMILES string of the molecule is COc1cc2c(c(OC)c1CCCc1ccccc1)C(c1cccc(C#N)c1)=NCC(=O)N2. The second-order valence-electron chi connectivity index (χ2n) is 7.76. The van der Waals surface area contributed by atoms with Crippen LogP contribution in [0.5, 0.6) is 11.5 Å². The number of aryl methyl sites for hydroxylation is 1. The number of benzene rings is 3. The number of fused-ring (bicyclic) bond motifs is 1. The molecule has 0 saturated heterocycles. The topological polar surface area (TPSA) is 83.7 Å². The summed E-state index contributed by atoms with van der Waals surface area (Å²) in [6.45, 7) is -0.0182. The van der Waals surface area contributed by atoms with Crippen LogP contribution in [0.2, 0.25) is 0 Å². The molecular formula is C27H25N3O3. The van der Waals surface area contributed by atoms with Crippen molar-refractivity contribution in [2.24, 2.45) is 4.99 Å². The zero-order valence-electron chi connectivity index (χ0n) is 18.7. The van der Waals surface area contributed by atoms with Crippen LogP contribution in [0.25, 0.3) is 0 Å². The van der Waals surface area contributed by atoms with Gasteiger partial charge in [0.05, 0.1) is 42.8 Å². The van der Waals surface area contributed by atoms with Crippen LogP contribution < -0.4 is 14.8 Å². The summed E-state index contributed by atoms with van der Waals surface area (Å²) in [7, 11) is 3.23. The maximum atomic E-state index is 12.4. The number of carbonyl (C=O) groups is 1. The summed E-state index contributed by atoms with van der Waals surface area (Å²) in [5, 5.41) is 12.3. The van der Waals surface area contributed by atoms with E-state index in [1.165, 1.54) is 5.56 Å². The number of nitrogens with zero attached hydrogens (tertiary/aromatic N) is 2. The van der Waals surface area contributed by atoms with E-state index in [0.717, 1.165) is 30.4 Å². The highest BCUT2D eigenvalue weighted by Gasteiger charge is 2.27. The molecule has 0 unspecified atom stereocenters. The standard InChI is InChI=1S/C27H25N3O3/c1-32-23-15-22-25(27(33-2)21(23)13-7-10-18-8-4-3-5-9-18)26(29-17-24(31)30-22)20-12-6-11-19(14-20)16-28/h3-6,8-9,11-12,14-15H,7,10,13,17H2,1-2H3,(H,30,31). The second kappa shape index (κ2) is 10.0. The molecule has 1 aliphatic heterocycles. The largest absolute Gasteiger partial charge is 0.496 e. The molecule has 166 valence electrons. The number of benzodiazepines with no additional fused rings is 1.